The van der Waals surface area contributed by atoms with E-state index in [2.05, 4.69) is 10.1 Å². The van der Waals surface area contributed by atoms with E-state index in [0.29, 0.717) is 16.6 Å². The average molecular weight is 338 g/mol. The third-order valence-corrected chi connectivity index (χ3v) is 3.42. The summed E-state index contributed by atoms with van der Waals surface area (Å²) in [5.74, 6) is 0.0769. The Morgan fingerprint density at radius 2 is 2.00 bits per heavy atom. The molecule has 0 saturated carbocycles. The van der Waals surface area contributed by atoms with E-state index in [4.69, 9.17) is 4.74 Å². The minimum absolute atomic E-state index is 0.0463. The van der Waals surface area contributed by atoms with Gasteiger partial charge in [0.25, 0.3) is 5.56 Å². The topological polar surface area (TPSA) is 61.9 Å². The number of aryl methyl sites for hydroxylation is 1. The van der Waals surface area contributed by atoms with Crippen LogP contribution in [0, 0.1) is 0 Å². The third-order valence-electron chi connectivity index (χ3n) is 3.42. The molecule has 2 heterocycles. The summed E-state index contributed by atoms with van der Waals surface area (Å²) in [6.07, 6.45) is -1.68. The second kappa shape index (κ2) is 5.99. The van der Waals surface area contributed by atoms with E-state index in [-0.39, 0.29) is 17.9 Å². The van der Waals surface area contributed by atoms with E-state index in [9.17, 15) is 18.0 Å². The highest BCUT2D eigenvalue weighted by atomic mass is 19.4. The van der Waals surface area contributed by atoms with Crippen LogP contribution in [0.15, 0.2) is 41.6 Å². The zero-order chi connectivity index (χ0) is 17.3. The second-order valence-electron chi connectivity index (χ2n) is 5.19. The van der Waals surface area contributed by atoms with Gasteiger partial charge in [0.1, 0.15) is 17.5 Å². The molecule has 2 aromatic heterocycles. The van der Waals surface area contributed by atoms with Gasteiger partial charge < -0.3 is 4.74 Å². The van der Waals surface area contributed by atoms with Crippen molar-refractivity contribution in [3.05, 3.63) is 52.7 Å². The van der Waals surface area contributed by atoms with Gasteiger partial charge in [-0.15, -0.1) is 0 Å². The van der Waals surface area contributed by atoms with E-state index in [1.54, 1.807) is 25.2 Å². The number of nitrogens with zero attached hydrogens (tertiary/aromatic N) is 4. The minimum atomic E-state index is -4.43. The lowest BCUT2D eigenvalue weighted by molar-refractivity contribution is -0.153. The van der Waals surface area contributed by atoms with Crippen molar-refractivity contribution in [2.75, 3.05) is 6.61 Å². The molecule has 0 saturated heterocycles. The number of alkyl halides is 3. The summed E-state index contributed by atoms with van der Waals surface area (Å²) in [5, 5.41) is 4.31. The van der Waals surface area contributed by atoms with Crippen molar-refractivity contribution >= 4 is 11.0 Å². The van der Waals surface area contributed by atoms with Crippen LogP contribution in [0.2, 0.25) is 0 Å². The fraction of sp³-hybridized carbons (Fsp3) is 0.267. The summed E-state index contributed by atoms with van der Waals surface area (Å²) in [5.41, 5.74) is 0.575. The number of hydrogen-bond acceptors (Lipinski definition) is 4. The molecule has 0 fully saturated rings. The van der Waals surface area contributed by atoms with Crippen molar-refractivity contribution in [2.45, 2.75) is 12.7 Å². The van der Waals surface area contributed by atoms with Crippen molar-refractivity contribution in [2.24, 2.45) is 7.05 Å². The van der Waals surface area contributed by atoms with Gasteiger partial charge in [0.2, 0.25) is 0 Å². The van der Waals surface area contributed by atoms with Crippen molar-refractivity contribution < 1.29 is 17.9 Å². The summed E-state index contributed by atoms with van der Waals surface area (Å²) < 4.78 is 44.6. The normalized spacial score (nSPS) is 11.8. The molecular weight excluding hydrogens is 325 g/mol. The maximum atomic E-state index is 12.4. The number of ether oxygens (including phenoxy) is 1. The lowest BCUT2D eigenvalue weighted by Gasteiger charge is -2.13. The Labute approximate surface area is 134 Å². The summed E-state index contributed by atoms with van der Waals surface area (Å²) >= 11 is 0. The molecule has 1 aromatic carbocycles. The lowest BCUT2D eigenvalue weighted by Crippen LogP contribution is -2.22. The predicted octanol–water partition coefficient (Wildman–Crippen LogP) is 2.12. The van der Waals surface area contributed by atoms with Crippen LogP contribution in [0.5, 0.6) is 5.75 Å². The standard InChI is InChI=1S/C15H13F3N4O2/c1-21-13-11(6-20-21)14(23)22(9-19-13)7-10-4-2-3-5-12(10)24-8-15(16,17)18/h2-6,9H,7-8H2,1H3. The molecule has 0 N–H and O–H groups in total. The molecule has 24 heavy (non-hydrogen) atoms. The van der Waals surface area contributed by atoms with Gasteiger partial charge in [0, 0.05) is 12.6 Å². The number of aromatic nitrogens is 4. The number of para-hydroxylation sites is 1. The number of hydrogen-bond donors (Lipinski definition) is 0. The Kier molecular flexibility index (Phi) is 4.00. The molecule has 0 unspecified atom stereocenters. The van der Waals surface area contributed by atoms with Crippen LogP contribution >= 0.6 is 0 Å². The highest BCUT2D eigenvalue weighted by molar-refractivity contribution is 5.72. The van der Waals surface area contributed by atoms with Crippen LogP contribution < -0.4 is 10.3 Å². The molecule has 9 heteroatoms. The fourth-order valence-corrected chi connectivity index (χ4v) is 2.30. The lowest BCUT2D eigenvalue weighted by atomic mass is 10.2. The zero-order valence-corrected chi connectivity index (χ0v) is 12.6. The molecule has 0 amide bonds. The van der Waals surface area contributed by atoms with Crippen LogP contribution in [0.3, 0.4) is 0 Å². The van der Waals surface area contributed by atoms with Gasteiger partial charge in [-0.05, 0) is 6.07 Å². The molecular formula is C15H13F3N4O2. The Morgan fingerprint density at radius 3 is 2.75 bits per heavy atom. The van der Waals surface area contributed by atoms with Gasteiger partial charge in [-0.2, -0.15) is 18.3 Å². The average Bonchev–Trinajstić information content (AvgIpc) is 2.90. The van der Waals surface area contributed by atoms with E-state index < -0.39 is 12.8 Å². The summed E-state index contributed by atoms with van der Waals surface area (Å²) in [7, 11) is 1.67. The Bertz CT molecular complexity index is 930. The Hall–Kier alpha value is -2.84. The van der Waals surface area contributed by atoms with Gasteiger partial charge in [0.05, 0.1) is 12.7 Å². The SMILES string of the molecule is Cn1ncc2c(=O)n(Cc3ccccc3OCC(F)(F)F)cnc21. The number of benzene rings is 1. The summed E-state index contributed by atoms with van der Waals surface area (Å²) in [4.78, 5) is 16.6. The van der Waals surface area contributed by atoms with Gasteiger partial charge in [-0.3, -0.25) is 14.0 Å². The molecule has 0 bridgehead atoms. The van der Waals surface area contributed by atoms with Crippen LogP contribution in [0.4, 0.5) is 13.2 Å². The van der Waals surface area contributed by atoms with Gasteiger partial charge in [0.15, 0.2) is 12.3 Å². The van der Waals surface area contributed by atoms with E-state index in [1.807, 2.05) is 0 Å². The monoisotopic (exact) mass is 338 g/mol. The second-order valence-corrected chi connectivity index (χ2v) is 5.19. The van der Waals surface area contributed by atoms with Gasteiger partial charge in [-0.1, -0.05) is 18.2 Å². The minimum Gasteiger partial charge on any atom is -0.484 e. The summed E-state index contributed by atoms with van der Waals surface area (Å²) in [6.45, 7) is -1.34. The van der Waals surface area contributed by atoms with Crippen molar-refractivity contribution in [1.82, 2.24) is 19.3 Å². The molecule has 0 atom stereocenters. The van der Waals surface area contributed by atoms with E-state index in [0.717, 1.165) is 0 Å². The van der Waals surface area contributed by atoms with Crippen molar-refractivity contribution in [3.63, 3.8) is 0 Å². The molecule has 0 aliphatic heterocycles. The van der Waals surface area contributed by atoms with E-state index >= 15 is 0 Å². The van der Waals surface area contributed by atoms with Crippen LogP contribution in [-0.4, -0.2) is 32.1 Å². The largest absolute Gasteiger partial charge is 0.484 e. The number of fused-ring (bicyclic) bond motifs is 1. The third kappa shape index (κ3) is 3.24. The highest BCUT2D eigenvalue weighted by Gasteiger charge is 2.28. The predicted molar refractivity (Wildman–Crippen MR) is 79.9 cm³/mol. The van der Waals surface area contributed by atoms with Crippen LogP contribution in [0.25, 0.3) is 11.0 Å². The first-order valence-corrected chi connectivity index (χ1v) is 7.00. The first-order chi connectivity index (χ1) is 11.3. The first kappa shape index (κ1) is 16.0. The van der Waals surface area contributed by atoms with Crippen molar-refractivity contribution in [1.29, 1.82) is 0 Å². The Morgan fingerprint density at radius 1 is 1.25 bits per heavy atom. The van der Waals surface area contributed by atoms with Crippen molar-refractivity contribution in [3.8, 4) is 5.75 Å². The fourth-order valence-electron chi connectivity index (χ4n) is 2.30. The van der Waals surface area contributed by atoms with Gasteiger partial charge >= 0.3 is 6.18 Å². The number of halogens is 3. The summed E-state index contributed by atoms with van der Waals surface area (Å²) in [6, 6.07) is 6.27. The Balaban J connectivity index is 1.92. The maximum absolute atomic E-state index is 12.4. The smallest absolute Gasteiger partial charge is 0.422 e. The molecule has 0 spiro atoms. The highest BCUT2D eigenvalue weighted by Crippen LogP contribution is 2.22. The zero-order valence-electron chi connectivity index (χ0n) is 12.6. The molecule has 0 aliphatic rings. The maximum Gasteiger partial charge on any atom is 0.422 e. The quantitative estimate of drug-likeness (QED) is 0.731. The molecule has 126 valence electrons. The van der Waals surface area contributed by atoms with E-state index in [1.165, 1.54) is 27.8 Å². The van der Waals surface area contributed by atoms with Crippen LogP contribution in [-0.2, 0) is 13.6 Å². The molecule has 0 aliphatic carbocycles. The molecule has 0 radical (unpaired) electrons. The molecule has 3 aromatic rings. The van der Waals surface area contributed by atoms with Crippen LogP contribution in [0.1, 0.15) is 5.56 Å². The molecule has 6 nitrogen and oxygen atoms in total. The molecule has 3 rings (SSSR count). The number of rotatable bonds is 4. The first-order valence-electron chi connectivity index (χ1n) is 7.00. The van der Waals surface area contributed by atoms with Gasteiger partial charge in [-0.25, -0.2) is 4.98 Å².